The number of morpholine rings is 1. The third-order valence-electron chi connectivity index (χ3n) is 4.24. The van der Waals surface area contributed by atoms with Gasteiger partial charge in [0.1, 0.15) is 0 Å². The van der Waals surface area contributed by atoms with E-state index in [2.05, 4.69) is 10.6 Å². The number of benzene rings is 1. The lowest BCUT2D eigenvalue weighted by Crippen LogP contribution is -2.44. The molecule has 0 radical (unpaired) electrons. The molecule has 6 nitrogen and oxygen atoms in total. The molecule has 23 heavy (non-hydrogen) atoms. The van der Waals surface area contributed by atoms with Crippen LogP contribution in [0.25, 0.3) is 0 Å². The Balaban J connectivity index is 1.46. The van der Waals surface area contributed by atoms with E-state index in [1.54, 1.807) is 0 Å². The summed E-state index contributed by atoms with van der Waals surface area (Å²) in [4.78, 5) is 25.5. The molecule has 2 aliphatic heterocycles. The third kappa shape index (κ3) is 4.30. The summed E-state index contributed by atoms with van der Waals surface area (Å²) in [5, 5.41) is 6.20. The van der Waals surface area contributed by atoms with E-state index in [1.165, 1.54) is 0 Å². The quantitative estimate of drug-likeness (QED) is 0.843. The second-order valence-corrected chi connectivity index (χ2v) is 6.02. The van der Waals surface area contributed by atoms with E-state index >= 15 is 0 Å². The van der Waals surface area contributed by atoms with Gasteiger partial charge < -0.3 is 20.3 Å². The van der Waals surface area contributed by atoms with Crippen molar-refractivity contribution in [3.63, 3.8) is 0 Å². The van der Waals surface area contributed by atoms with E-state index in [0.29, 0.717) is 32.6 Å². The van der Waals surface area contributed by atoms with Crippen molar-refractivity contribution in [2.24, 2.45) is 0 Å². The van der Waals surface area contributed by atoms with Crippen molar-refractivity contribution in [1.29, 1.82) is 0 Å². The molecule has 2 saturated heterocycles. The van der Waals surface area contributed by atoms with Crippen LogP contribution in [0.3, 0.4) is 0 Å². The first-order chi connectivity index (χ1) is 11.2. The molecule has 2 N–H and O–H groups in total. The molecule has 3 rings (SSSR count). The Labute approximate surface area is 136 Å². The predicted molar refractivity (Wildman–Crippen MR) is 87.1 cm³/mol. The summed E-state index contributed by atoms with van der Waals surface area (Å²) in [6.07, 6.45) is 1.99. The highest BCUT2D eigenvalue weighted by Gasteiger charge is 2.21. The number of hydrogen-bond donors (Lipinski definition) is 2. The van der Waals surface area contributed by atoms with E-state index in [-0.39, 0.29) is 17.9 Å². The van der Waals surface area contributed by atoms with Crippen molar-refractivity contribution in [1.82, 2.24) is 10.6 Å². The monoisotopic (exact) mass is 317 g/mol. The van der Waals surface area contributed by atoms with Gasteiger partial charge in [-0.25, -0.2) is 0 Å². The molecule has 6 heteroatoms. The van der Waals surface area contributed by atoms with Gasteiger partial charge in [0.2, 0.25) is 11.8 Å². The number of hydrogen-bond acceptors (Lipinski definition) is 4. The zero-order valence-electron chi connectivity index (χ0n) is 13.2. The molecule has 2 amide bonds. The summed E-state index contributed by atoms with van der Waals surface area (Å²) in [6, 6.07) is 7.92. The largest absolute Gasteiger partial charge is 0.378 e. The maximum Gasteiger partial charge on any atom is 0.227 e. The maximum atomic E-state index is 11.9. The highest BCUT2D eigenvalue weighted by Crippen LogP contribution is 2.21. The molecule has 0 aliphatic carbocycles. The number of carbonyl (C=O) groups excluding carboxylic acids is 2. The zero-order chi connectivity index (χ0) is 16.1. The second-order valence-electron chi connectivity index (χ2n) is 6.02. The van der Waals surface area contributed by atoms with Crippen molar-refractivity contribution < 1.29 is 14.3 Å². The summed E-state index contributed by atoms with van der Waals surface area (Å²) in [6.45, 7) is 3.40. The number of amides is 2. The Morgan fingerprint density at radius 2 is 2.17 bits per heavy atom. The molecule has 1 atom stereocenters. The highest BCUT2D eigenvalue weighted by atomic mass is 16.5. The lowest BCUT2D eigenvalue weighted by molar-refractivity contribution is -0.122. The first-order valence-electron chi connectivity index (χ1n) is 8.19. The van der Waals surface area contributed by atoms with Crippen LogP contribution in [-0.2, 0) is 20.9 Å². The van der Waals surface area contributed by atoms with Gasteiger partial charge in [-0.2, -0.15) is 0 Å². The zero-order valence-corrected chi connectivity index (χ0v) is 13.2. The van der Waals surface area contributed by atoms with Crippen molar-refractivity contribution in [3.05, 3.63) is 29.8 Å². The standard InChI is InChI=1S/C17H23N3O3/c21-16(10-14-12-23-9-7-18-14)19-11-13-3-5-15(6-4-13)20-8-1-2-17(20)22/h3-6,14,18H,1-2,7-12H2,(H,19,21)/t14-/m0/s1. The van der Waals surface area contributed by atoms with Gasteiger partial charge in [-0.1, -0.05) is 12.1 Å². The average Bonchev–Trinajstić information content (AvgIpc) is 3.00. The van der Waals surface area contributed by atoms with Crippen LogP contribution in [0.4, 0.5) is 5.69 Å². The van der Waals surface area contributed by atoms with Gasteiger partial charge in [0.05, 0.1) is 13.2 Å². The molecule has 1 aromatic rings. The van der Waals surface area contributed by atoms with Crippen molar-refractivity contribution >= 4 is 17.5 Å². The van der Waals surface area contributed by atoms with Gasteiger partial charge in [-0.3, -0.25) is 9.59 Å². The molecular formula is C17H23N3O3. The van der Waals surface area contributed by atoms with Gasteiger partial charge in [-0.15, -0.1) is 0 Å². The molecule has 2 fully saturated rings. The molecular weight excluding hydrogens is 294 g/mol. The molecule has 2 aliphatic rings. The number of ether oxygens (including phenoxy) is 1. The first-order valence-corrected chi connectivity index (χ1v) is 8.19. The van der Waals surface area contributed by atoms with Crippen molar-refractivity contribution in [3.8, 4) is 0 Å². The SMILES string of the molecule is O=C(C[C@H]1COCCN1)NCc1ccc(N2CCCC2=O)cc1. The molecule has 0 unspecified atom stereocenters. The van der Waals surface area contributed by atoms with Crippen LogP contribution in [0.1, 0.15) is 24.8 Å². The summed E-state index contributed by atoms with van der Waals surface area (Å²) >= 11 is 0. The van der Waals surface area contributed by atoms with E-state index in [1.807, 2.05) is 29.2 Å². The Morgan fingerprint density at radius 3 is 2.83 bits per heavy atom. The minimum atomic E-state index is 0.0202. The van der Waals surface area contributed by atoms with Crippen molar-refractivity contribution in [2.45, 2.75) is 31.8 Å². The summed E-state index contributed by atoms with van der Waals surface area (Å²) in [5.41, 5.74) is 1.97. The van der Waals surface area contributed by atoms with Gasteiger partial charge in [0.15, 0.2) is 0 Å². The fourth-order valence-electron chi connectivity index (χ4n) is 2.96. The Bertz CT molecular complexity index is 553. The second kappa shape index (κ2) is 7.57. The van der Waals surface area contributed by atoms with Gasteiger partial charge >= 0.3 is 0 Å². The fraction of sp³-hybridized carbons (Fsp3) is 0.529. The number of nitrogens with one attached hydrogen (secondary N) is 2. The maximum absolute atomic E-state index is 11.9. The van der Waals surface area contributed by atoms with Crippen molar-refractivity contribution in [2.75, 3.05) is 31.2 Å². The van der Waals surface area contributed by atoms with Crippen LogP contribution in [-0.4, -0.2) is 44.2 Å². The number of rotatable bonds is 5. The lowest BCUT2D eigenvalue weighted by atomic mass is 10.1. The van der Waals surface area contributed by atoms with Gasteiger partial charge in [0.25, 0.3) is 0 Å². The van der Waals surface area contributed by atoms with Gasteiger partial charge in [-0.05, 0) is 24.1 Å². The Kier molecular flexibility index (Phi) is 5.25. The number of nitrogens with zero attached hydrogens (tertiary/aromatic N) is 1. The molecule has 0 bridgehead atoms. The van der Waals surface area contributed by atoms with E-state index < -0.39 is 0 Å². The van der Waals surface area contributed by atoms with Crippen LogP contribution < -0.4 is 15.5 Å². The fourth-order valence-corrected chi connectivity index (χ4v) is 2.96. The molecule has 2 heterocycles. The predicted octanol–water partition coefficient (Wildman–Crippen LogP) is 0.808. The summed E-state index contributed by atoms with van der Waals surface area (Å²) < 4.78 is 5.34. The molecule has 0 saturated carbocycles. The topological polar surface area (TPSA) is 70.7 Å². The summed E-state index contributed by atoms with van der Waals surface area (Å²) in [5.74, 6) is 0.208. The normalized spacial score (nSPS) is 21.5. The van der Waals surface area contributed by atoms with Gasteiger partial charge in [0, 0.05) is 44.2 Å². The minimum Gasteiger partial charge on any atom is -0.378 e. The highest BCUT2D eigenvalue weighted by molar-refractivity contribution is 5.95. The third-order valence-corrected chi connectivity index (χ3v) is 4.24. The van der Waals surface area contributed by atoms with E-state index in [9.17, 15) is 9.59 Å². The molecule has 1 aromatic carbocycles. The Morgan fingerprint density at radius 1 is 1.35 bits per heavy atom. The molecule has 124 valence electrons. The van der Waals surface area contributed by atoms with E-state index in [4.69, 9.17) is 4.74 Å². The minimum absolute atomic E-state index is 0.0202. The molecule has 0 aromatic heterocycles. The van der Waals surface area contributed by atoms with E-state index in [0.717, 1.165) is 30.8 Å². The van der Waals surface area contributed by atoms with Crippen LogP contribution >= 0.6 is 0 Å². The summed E-state index contributed by atoms with van der Waals surface area (Å²) in [7, 11) is 0. The lowest BCUT2D eigenvalue weighted by Gasteiger charge is -2.23. The smallest absolute Gasteiger partial charge is 0.227 e. The first kappa shape index (κ1) is 16.0. The Hall–Kier alpha value is -1.92. The van der Waals surface area contributed by atoms with Crippen LogP contribution in [0.2, 0.25) is 0 Å². The molecule has 0 spiro atoms. The number of anilines is 1. The van der Waals surface area contributed by atoms with Crippen LogP contribution in [0.15, 0.2) is 24.3 Å². The number of carbonyl (C=O) groups is 2. The van der Waals surface area contributed by atoms with Crippen LogP contribution in [0.5, 0.6) is 0 Å². The average molecular weight is 317 g/mol. The van der Waals surface area contributed by atoms with Crippen LogP contribution in [0, 0.1) is 0 Å².